The third-order valence-corrected chi connectivity index (χ3v) is 3.23. The van der Waals surface area contributed by atoms with Gasteiger partial charge in [-0.05, 0) is 43.9 Å². The van der Waals surface area contributed by atoms with Crippen LogP contribution < -0.4 is 15.4 Å². The second-order valence-electron chi connectivity index (χ2n) is 5.81. The Morgan fingerprint density at radius 3 is 2.67 bits per heavy atom. The Balaban J connectivity index is 2.15. The van der Waals surface area contributed by atoms with Crippen LogP contribution in [-0.2, 0) is 4.79 Å². The van der Waals surface area contributed by atoms with Gasteiger partial charge in [-0.1, -0.05) is 26.0 Å². The van der Waals surface area contributed by atoms with Gasteiger partial charge in [0.05, 0.1) is 6.04 Å². The van der Waals surface area contributed by atoms with Crippen LogP contribution in [0.1, 0.15) is 32.8 Å². The molecular formula is C17H28N2O2. The summed E-state index contributed by atoms with van der Waals surface area (Å²) in [4.78, 5) is 11.8. The number of benzene rings is 1. The van der Waals surface area contributed by atoms with Crippen molar-refractivity contribution in [1.82, 2.24) is 10.6 Å². The highest BCUT2D eigenvalue weighted by atomic mass is 16.5. The molecule has 21 heavy (non-hydrogen) atoms. The second kappa shape index (κ2) is 9.40. The van der Waals surface area contributed by atoms with E-state index >= 15 is 0 Å². The fourth-order valence-electron chi connectivity index (χ4n) is 1.88. The number of hydrogen-bond donors (Lipinski definition) is 2. The van der Waals surface area contributed by atoms with E-state index in [9.17, 15) is 4.79 Å². The van der Waals surface area contributed by atoms with Crippen LogP contribution in [0, 0.1) is 12.8 Å². The van der Waals surface area contributed by atoms with Gasteiger partial charge in [0, 0.05) is 13.1 Å². The molecule has 0 saturated carbocycles. The second-order valence-corrected chi connectivity index (χ2v) is 5.81. The van der Waals surface area contributed by atoms with Gasteiger partial charge in [0.15, 0.2) is 0 Å². The smallest absolute Gasteiger partial charge is 0.236 e. The average Bonchev–Trinajstić information content (AvgIpc) is 2.43. The summed E-state index contributed by atoms with van der Waals surface area (Å²) in [5.41, 5.74) is 1.18. The number of carbonyl (C=O) groups excluding carboxylic acids is 1. The highest BCUT2D eigenvalue weighted by Crippen LogP contribution is 2.11. The molecular weight excluding hydrogens is 264 g/mol. The van der Waals surface area contributed by atoms with E-state index in [2.05, 4.69) is 24.5 Å². The van der Waals surface area contributed by atoms with Crippen molar-refractivity contribution in [3.8, 4) is 5.75 Å². The van der Waals surface area contributed by atoms with Gasteiger partial charge in [-0.15, -0.1) is 0 Å². The molecule has 1 aromatic rings. The first-order valence-electron chi connectivity index (χ1n) is 7.69. The van der Waals surface area contributed by atoms with Crippen molar-refractivity contribution in [2.75, 3.05) is 19.7 Å². The first-order valence-corrected chi connectivity index (χ1v) is 7.69. The minimum absolute atomic E-state index is 0.0474. The normalized spacial score (nSPS) is 12.2. The molecule has 0 bridgehead atoms. The number of hydrogen-bond acceptors (Lipinski definition) is 3. The zero-order valence-electron chi connectivity index (χ0n) is 13.6. The van der Waals surface area contributed by atoms with Crippen molar-refractivity contribution in [2.24, 2.45) is 5.92 Å². The average molecular weight is 292 g/mol. The van der Waals surface area contributed by atoms with Gasteiger partial charge in [-0.2, -0.15) is 0 Å². The number of aryl methyl sites for hydroxylation is 1. The Kier molecular flexibility index (Phi) is 7.83. The first kappa shape index (κ1) is 17.5. The minimum Gasteiger partial charge on any atom is -0.492 e. The summed E-state index contributed by atoms with van der Waals surface area (Å²) >= 11 is 0. The van der Waals surface area contributed by atoms with Gasteiger partial charge in [-0.3, -0.25) is 4.79 Å². The highest BCUT2D eigenvalue weighted by molar-refractivity contribution is 5.81. The fraction of sp³-hybridized carbons (Fsp3) is 0.588. The van der Waals surface area contributed by atoms with Gasteiger partial charge in [0.2, 0.25) is 5.91 Å². The van der Waals surface area contributed by atoms with Crippen LogP contribution in [0.3, 0.4) is 0 Å². The summed E-state index contributed by atoms with van der Waals surface area (Å²) in [7, 11) is 0. The van der Waals surface area contributed by atoms with E-state index in [1.807, 2.05) is 38.1 Å². The molecule has 1 aromatic carbocycles. The third-order valence-electron chi connectivity index (χ3n) is 3.23. The Morgan fingerprint density at radius 2 is 2.00 bits per heavy atom. The number of ether oxygens (including phenoxy) is 1. The first-order chi connectivity index (χ1) is 9.99. The molecule has 1 atom stereocenters. The van der Waals surface area contributed by atoms with Crippen LogP contribution >= 0.6 is 0 Å². The number of carbonyl (C=O) groups is 1. The van der Waals surface area contributed by atoms with Gasteiger partial charge >= 0.3 is 0 Å². The summed E-state index contributed by atoms with van der Waals surface area (Å²) < 4.78 is 5.64. The molecule has 4 heteroatoms. The van der Waals surface area contributed by atoms with Crippen LogP contribution in [0.5, 0.6) is 5.75 Å². The highest BCUT2D eigenvalue weighted by Gasteiger charge is 2.11. The summed E-state index contributed by atoms with van der Waals surface area (Å²) in [6, 6.07) is 7.76. The van der Waals surface area contributed by atoms with Gasteiger partial charge in [-0.25, -0.2) is 0 Å². The molecule has 0 radical (unpaired) electrons. The molecule has 0 aromatic heterocycles. The lowest BCUT2D eigenvalue weighted by Crippen LogP contribution is -2.43. The van der Waals surface area contributed by atoms with Crippen LogP contribution in [0.2, 0.25) is 0 Å². The third kappa shape index (κ3) is 7.71. The van der Waals surface area contributed by atoms with E-state index in [0.717, 1.165) is 18.7 Å². The summed E-state index contributed by atoms with van der Waals surface area (Å²) in [6.45, 7) is 10.1. The molecule has 1 unspecified atom stereocenters. The van der Waals surface area contributed by atoms with Gasteiger partial charge in [0.1, 0.15) is 12.4 Å². The van der Waals surface area contributed by atoms with E-state index in [4.69, 9.17) is 4.74 Å². The lowest BCUT2D eigenvalue weighted by molar-refractivity contribution is -0.122. The Morgan fingerprint density at radius 1 is 1.24 bits per heavy atom. The Labute approximate surface area is 128 Å². The number of nitrogens with one attached hydrogen (secondary N) is 2. The van der Waals surface area contributed by atoms with Crippen molar-refractivity contribution in [3.05, 3.63) is 29.8 Å². The summed E-state index contributed by atoms with van der Waals surface area (Å²) in [5.74, 6) is 1.52. The molecule has 0 saturated heterocycles. The molecule has 1 amide bonds. The quantitative estimate of drug-likeness (QED) is 0.688. The lowest BCUT2D eigenvalue weighted by atomic mass is 10.1. The van der Waals surface area contributed by atoms with E-state index in [1.165, 1.54) is 5.56 Å². The predicted molar refractivity (Wildman–Crippen MR) is 86.6 cm³/mol. The van der Waals surface area contributed by atoms with Crippen molar-refractivity contribution in [3.63, 3.8) is 0 Å². The van der Waals surface area contributed by atoms with Crippen molar-refractivity contribution in [2.45, 2.75) is 40.2 Å². The molecule has 118 valence electrons. The molecule has 0 aliphatic heterocycles. The summed E-state index contributed by atoms with van der Waals surface area (Å²) in [6.07, 6.45) is 1.01. The molecule has 1 rings (SSSR count). The monoisotopic (exact) mass is 292 g/mol. The standard InChI is InChI=1S/C17H28N2O2/c1-13(2)8-9-19-17(20)15(4)18-10-11-21-16-7-5-6-14(3)12-16/h5-7,12-13,15,18H,8-11H2,1-4H3,(H,19,20). The van der Waals surface area contributed by atoms with E-state index in [0.29, 0.717) is 19.1 Å². The maximum atomic E-state index is 11.8. The minimum atomic E-state index is -0.196. The predicted octanol–water partition coefficient (Wildman–Crippen LogP) is 2.51. The SMILES string of the molecule is Cc1cccc(OCCNC(C)C(=O)NCCC(C)C)c1. The van der Waals surface area contributed by atoms with E-state index in [-0.39, 0.29) is 11.9 Å². The zero-order chi connectivity index (χ0) is 15.7. The fourth-order valence-corrected chi connectivity index (χ4v) is 1.88. The van der Waals surface area contributed by atoms with Crippen molar-refractivity contribution >= 4 is 5.91 Å². The van der Waals surface area contributed by atoms with Gasteiger partial charge in [0.25, 0.3) is 0 Å². The molecule has 0 aliphatic rings. The molecule has 0 fully saturated rings. The Hall–Kier alpha value is -1.55. The molecule has 2 N–H and O–H groups in total. The molecule has 4 nitrogen and oxygen atoms in total. The van der Waals surface area contributed by atoms with Crippen molar-refractivity contribution < 1.29 is 9.53 Å². The van der Waals surface area contributed by atoms with E-state index < -0.39 is 0 Å². The number of rotatable bonds is 9. The molecule has 0 spiro atoms. The largest absolute Gasteiger partial charge is 0.492 e. The maximum absolute atomic E-state index is 11.8. The molecule has 0 aliphatic carbocycles. The van der Waals surface area contributed by atoms with E-state index in [1.54, 1.807) is 0 Å². The van der Waals surface area contributed by atoms with Crippen LogP contribution in [-0.4, -0.2) is 31.6 Å². The summed E-state index contributed by atoms with van der Waals surface area (Å²) in [5, 5.41) is 6.11. The van der Waals surface area contributed by atoms with Gasteiger partial charge < -0.3 is 15.4 Å². The Bertz CT molecular complexity index is 433. The topological polar surface area (TPSA) is 50.4 Å². The number of amides is 1. The van der Waals surface area contributed by atoms with Crippen LogP contribution in [0.4, 0.5) is 0 Å². The van der Waals surface area contributed by atoms with Crippen molar-refractivity contribution in [1.29, 1.82) is 0 Å². The zero-order valence-corrected chi connectivity index (χ0v) is 13.6. The molecule has 0 heterocycles. The van der Waals surface area contributed by atoms with Crippen LogP contribution in [0.15, 0.2) is 24.3 Å². The van der Waals surface area contributed by atoms with Crippen LogP contribution in [0.25, 0.3) is 0 Å². The lowest BCUT2D eigenvalue weighted by Gasteiger charge is -2.15. The maximum Gasteiger partial charge on any atom is 0.236 e.